The van der Waals surface area contributed by atoms with E-state index in [0.29, 0.717) is 30.5 Å². The van der Waals surface area contributed by atoms with Crippen molar-refractivity contribution in [2.45, 2.75) is 60.8 Å². The van der Waals surface area contributed by atoms with Gasteiger partial charge in [-0.25, -0.2) is 8.42 Å². The van der Waals surface area contributed by atoms with Gasteiger partial charge in [0.05, 0.1) is 16.2 Å². The number of aliphatic hydroxyl groups is 2. The van der Waals surface area contributed by atoms with E-state index >= 15 is 0 Å². The molecule has 39 heavy (non-hydrogen) atoms. The zero-order valence-corrected chi connectivity index (χ0v) is 20.9. The Labute approximate surface area is 218 Å². The summed E-state index contributed by atoms with van der Waals surface area (Å²) in [4.78, 5) is 26.4. The second kappa shape index (κ2) is 9.20. The van der Waals surface area contributed by atoms with Crippen molar-refractivity contribution in [3.8, 4) is 0 Å². The Hall–Kier alpha value is -3.17. The van der Waals surface area contributed by atoms with E-state index in [-0.39, 0.29) is 22.7 Å². The maximum Gasteiger partial charge on any atom is 0.430 e. The van der Waals surface area contributed by atoms with Crippen LogP contribution in [0.1, 0.15) is 42.5 Å². The summed E-state index contributed by atoms with van der Waals surface area (Å²) in [6.07, 6.45) is -11.4. The monoisotopic (exact) mass is 580 g/mol. The molecule has 0 radical (unpaired) electrons. The summed E-state index contributed by atoms with van der Waals surface area (Å²) in [6, 6.07) is 4.80. The first-order valence-electron chi connectivity index (χ1n) is 11.4. The molecule has 1 aliphatic heterocycles. The molecule has 2 aliphatic rings. The Balaban J connectivity index is 1.59. The van der Waals surface area contributed by atoms with Gasteiger partial charge in [0.15, 0.2) is 9.84 Å². The van der Waals surface area contributed by atoms with E-state index in [1.165, 1.54) is 18.2 Å². The summed E-state index contributed by atoms with van der Waals surface area (Å²) >= 11 is 0. The molecule has 0 saturated heterocycles. The Morgan fingerprint density at radius 3 is 2.08 bits per heavy atom. The SMILES string of the molecule is CC(=O)N1Cc2cc(S(=O)(=O)CC3(O)CC3)ccc2C1C(=O)Nc1ccc(C(O)(C(F)(F)F)C(F)(F)F)cc1. The molecule has 2 aromatic carbocycles. The van der Waals surface area contributed by atoms with E-state index in [9.17, 15) is 54.6 Å². The van der Waals surface area contributed by atoms with E-state index in [2.05, 4.69) is 5.32 Å². The molecule has 1 unspecified atom stereocenters. The van der Waals surface area contributed by atoms with Gasteiger partial charge in [-0.15, -0.1) is 0 Å². The summed E-state index contributed by atoms with van der Waals surface area (Å²) in [7, 11) is -3.87. The lowest BCUT2D eigenvalue weighted by atomic mass is 9.92. The molecular formula is C24H22F6N2O6S. The van der Waals surface area contributed by atoms with Crippen LogP contribution in [0.4, 0.5) is 32.0 Å². The Kier molecular flexibility index (Phi) is 6.80. The number of benzene rings is 2. The predicted octanol–water partition coefficient (Wildman–Crippen LogP) is 3.34. The highest BCUT2D eigenvalue weighted by Crippen LogP contribution is 2.50. The van der Waals surface area contributed by atoms with Gasteiger partial charge in [-0.3, -0.25) is 9.59 Å². The molecule has 1 fully saturated rings. The van der Waals surface area contributed by atoms with Crippen LogP contribution in [0.5, 0.6) is 0 Å². The Morgan fingerprint density at radius 1 is 1.03 bits per heavy atom. The quantitative estimate of drug-likeness (QED) is 0.451. The molecule has 0 aromatic heterocycles. The van der Waals surface area contributed by atoms with Crippen LogP contribution in [0.2, 0.25) is 0 Å². The van der Waals surface area contributed by atoms with Crippen molar-refractivity contribution in [2.75, 3.05) is 11.1 Å². The molecule has 1 saturated carbocycles. The van der Waals surface area contributed by atoms with Crippen molar-refractivity contribution >= 4 is 27.3 Å². The van der Waals surface area contributed by atoms with Crippen molar-refractivity contribution in [3.63, 3.8) is 0 Å². The van der Waals surface area contributed by atoms with Crippen LogP contribution in [0.15, 0.2) is 47.4 Å². The van der Waals surface area contributed by atoms with Crippen LogP contribution < -0.4 is 5.32 Å². The van der Waals surface area contributed by atoms with E-state index < -0.39 is 62.6 Å². The summed E-state index contributed by atoms with van der Waals surface area (Å²) < 4.78 is 104. The third-order valence-electron chi connectivity index (χ3n) is 6.75. The first-order valence-corrected chi connectivity index (χ1v) is 13.1. The number of rotatable bonds is 6. The van der Waals surface area contributed by atoms with Crippen LogP contribution in [-0.2, 0) is 31.6 Å². The third-order valence-corrected chi connectivity index (χ3v) is 8.64. The number of amides is 2. The second-order valence-corrected chi connectivity index (χ2v) is 11.7. The standard InChI is InChI=1S/C24H22F6N2O6S/c1-13(33)32-11-14-10-17(39(37,38)12-21(35)8-9-21)6-7-18(14)19(32)20(34)31-16-4-2-15(3-5-16)22(36,23(25,26)27)24(28,29)30/h2-7,10,19,35-36H,8-9,11-12H2,1H3,(H,31,34). The summed E-state index contributed by atoms with van der Waals surface area (Å²) in [5, 5.41) is 21.9. The van der Waals surface area contributed by atoms with Crippen molar-refractivity contribution in [1.82, 2.24) is 4.90 Å². The van der Waals surface area contributed by atoms with Gasteiger partial charge in [0.1, 0.15) is 6.04 Å². The molecule has 0 bridgehead atoms. The first kappa shape index (κ1) is 28.8. The molecule has 8 nitrogen and oxygen atoms in total. The van der Waals surface area contributed by atoms with Gasteiger partial charge in [-0.1, -0.05) is 18.2 Å². The minimum atomic E-state index is -6.08. The number of carbonyl (C=O) groups excluding carboxylic acids is 2. The fourth-order valence-electron chi connectivity index (χ4n) is 4.42. The average molecular weight is 581 g/mol. The minimum absolute atomic E-state index is 0.108. The largest absolute Gasteiger partial charge is 0.430 e. The molecule has 15 heteroatoms. The molecule has 212 valence electrons. The van der Waals surface area contributed by atoms with Gasteiger partial charge >= 0.3 is 12.4 Å². The van der Waals surface area contributed by atoms with Gasteiger partial charge in [0.25, 0.3) is 11.5 Å². The maximum atomic E-state index is 13.1. The molecule has 3 N–H and O–H groups in total. The lowest BCUT2D eigenvalue weighted by molar-refractivity contribution is -0.376. The normalized spacial score (nSPS) is 19.0. The number of alkyl halides is 6. The van der Waals surface area contributed by atoms with Gasteiger partial charge < -0.3 is 20.4 Å². The topological polar surface area (TPSA) is 124 Å². The molecule has 2 aromatic rings. The molecule has 2 amide bonds. The lowest BCUT2D eigenvalue weighted by Crippen LogP contribution is -2.53. The molecule has 1 aliphatic carbocycles. The number of halogens is 6. The molecular weight excluding hydrogens is 558 g/mol. The number of hydrogen-bond acceptors (Lipinski definition) is 6. The highest BCUT2D eigenvalue weighted by atomic mass is 32.2. The molecule has 1 heterocycles. The Bertz CT molecular complexity index is 1400. The molecule has 1 atom stereocenters. The zero-order valence-electron chi connectivity index (χ0n) is 20.1. The number of fused-ring (bicyclic) bond motifs is 1. The highest BCUT2D eigenvalue weighted by molar-refractivity contribution is 7.91. The van der Waals surface area contributed by atoms with Crippen LogP contribution in [0, 0.1) is 0 Å². The summed E-state index contributed by atoms with van der Waals surface area (Å²) in [6.45, 7) is 1.02. The van der Waals surface area contributed by atoms with Gasteiger partial charge in [-0.2, -0.15) is 26.3 Å². The van der Waals surface area contributed by atoms with Crippen LogP contribution >= 0.6 is 0 Å². The summed E-state index contributed by atoms with van der Waals surface area (Å²) in [5.41, 5.74) is -7.54. The van der Waals surface area contributed by atoms with Gasteiger partial charge in [-0.05, 0) is 48.2 Å². The van der Waals surface area contributed by atoms with E-state index in [1.54, 1.807) is 0 Å². The number of nitrogens with zero attached hydrogens (tertiary/aromatic N) is 1. The lowest BCUT2D eigenvalue weighted by Gasteiger charge is -2.32. The van der Waals surface area contributed by atoms with E-state index in [4.69, 9.17) is 0 Å². The number of anilines is 1. The highest BCUT2D eigenvalue weighted by Gasteiger charge is 2.71. The molecule has 4 rings (SSSR count). The minimum Gasteiger partial charge on any atom is -0.389 e. The summed E-state index contributed by atoms with van der Waals surface area (Å²) in [5.74, 6) is -1.90. The van der Waals surface area contributed by atoms with E-state index in [0.717, 1.165) is 24.0 Å². The zero-order chi connectivity index (χ0) is 29.2. The van der Waals surface area contributed by atoms with Crippen LogP contribution in [0.25, 0.3) is 0 Å². The van der Waals surface area contributed by atoms with Gasteiger partial charge in [0, 0.05) is 24.7 Å². The second-order valence-electron chi connectivity index (χ2n) is 9.67. The number of nitrogens with one attached hydrogen (secondary N) is 1. The fourth-order valence-corrected chi connectivity index (χ4v) is 6.18. The van der Waals surface area contributed by atoms with Gasteiger partial charge in [0.2, 0.25) is 5.91 Å². The fraction of sp³-hybridized carbons (Fsp3) is 0.417. The van der Waals surface area contributed by atoms with Crippen molar-refractivity contribution < 1.29 is 54.6 Å². The van der Waals surface area contributed by atoms with Crippen molar-refractivity contribution in [1.29, 1.82) is 0 Å². The van der Waals surface area contributed by atoms with Crippen LogP contribution in [0.3, 0.4) is 0 Å². The number of carbonyl (C=O) groups is 2. The average Bonchev–Trinajstić information content (AvgIpc) is 3.38. The number of sulfone groups is 1. The Morgan fingerprint density at radius 2 is 1.59 bits per heavy atom. The van der Waals surface area contributed by atoms with Crippen molar-refractivity contribution in [2.24, 2.45) is 0 Å². The number of hydrogen-bond donors (Lipinski definition) is 3. The first-order chi connectivity index (χ1) is 17.8. The smallest absolute Gasteiger partial charge is 0.389 e. The van der Waals surface area contributed by atoms with Crippen LogP contribution in [-0.4, -0.2) is 59.1 Å². The molecule has 0 spiro atoms. The third kappa shape index (κ3) is 5.22. The predicted molar refractivity (Wildman–Crippen MR) is 123 cm³/mol. The maximum absolute atomic E-state index is 13.1. The van der Waals surface area contributed by atoms with Crippen molar-refractivity contribution in [3.05, 3.63) is 59.2 Å². The van der Waals surface area contributed by atoms with E-state index in [1.807, 2.05) is 0 Å².